The number of hydrogen-bond acceptors (Lipinski definition) is 2. The number of halogens is 1. The minimum atomic E-state index is 0. The van der Waals surface area contributed by atoms with Crippen molar-refractivity contribution in [3.05, 3.63) is 35.9 Å². The minimum absolute atomic E-state index is 0. The Labute approximate surface area is 97.2 Å². The van der Waals surface area contributed by atoms with Gasteiger partial charge in [-0.1, -0.05) is 30.3 Å². The average Bonchev–Trinajstić information content (AvgIpc) is 2.31. The highest BCUT2D eigenvalue weighted by Gasteiger charge is 2.32. The van der Waals surface area contributed by atoms with Crippen LogP contribution in [0.25, 0.3) is 0 Å². The molecule has 1 heterocycles. The standard InChI is InChI=1S/C12H17NO.ClH/c13-10-12(6-8-14-9-7-12)11-4-2-1-3-5-11;/h1-5H,6-10,13H2;1H. The zero-order valence-electron chi connectivity index (χ0n) is 8.82. The van der Waals surface area contributed by atoms with Crippen molar-refractivity contribution in [1.29, 1.82) is 0 Å². The van der Waals surface area contributed by atoms with Gasteiger partial charge in [0.2, 0.25) is 0 Å². The van der Waals surface area contributed by atoms with E-state index in [1.54, 1.807) is 0 Å². The van der Waals surface area contributed by atoms with E-state index in [0.29, 0.717) is 0 Å². The lowest BCUT2D eigenvalue weighted by molar-refractivity contribution is 0.0529. The summed E-state index contributed by atoms with van der Waals surface area (Å²) in [5.74, 6) is 0. The summed E-state index contributed by atoms with van der Waals surface area (Å²) in [7, 11) is 0. The van der Waals surface area contributed by atoms with Gasteiger partial charge in [-0.25, -0.2) is 0 Å². The van der Waals surface area contributed by atoms with E-state index >= 15 is 0 Å². The van der Waals surface area contributed by atoms with Crippen LogP contribution in [-0.4, -0.2) is 19.8 Å². The molecule has 1 aliphatic rings. The van der Waals surface area contributed by atoms with Crippen molar-refractivity contribution in [3.63, 3.8) is 0 Å². The Hall–Kier alpha value is -0.570. The lowest BCUT2D eigenvalue weighted by Gasteiger charge is -2.36. The molecule has 0 radical (unpaired) electrons. The molecule has 84 valence electrons. The van der Waals surface area contributed by atoms with E-state index < -0.39 is 0 Å². The second-order valence-corrected chi connectivity index (χ2v) is 3.96. The lowest BCUT2D eigenvalue weighted by Crippen LogP contribution is -2.40. The zero-order chi connectivity index (χ0) is 9.86. The maximum absolute atomic E-state index is 5.91. The Bertz CT molecular complexity index is 283. The van der Waals surface area contributed by atoms with Crippen LogP contribution < -0.4 is 5.73 Å². The van der Waals surface area contributed by atoms with Crippen LogP contribution in [0.5, 0.6) is 0 Å². The molecule has 0 aromatic heterocycles. The SMILES string of the molecule is Cl.NCC1(c2ccccc2)CCOCC1. The Morgan fingerprint density at radius 1 is 1.13 bits per heavy atom. The highest BCUT2D eigenvalue weighted by atomic mass is 35.5. The van der Waals surface area contributed by atoms with E-state index in [-0.39, 0.29) is 17.8 Å². The number of hydrogen-bond donors (Lipinski definition) is 1. The maximum atomic E-state index is 5.91. The maximum Gasteiger partial charge on any atom is 0.0475 e. The average molecular weight is 228 g/mol. The molecule has 1 saturated heterocycles. The summed E-state index contributed by atoms with van der Waals surface area (Å²) >= 11 is 0. The van der Waals surface area contributed by atoms with E-state index in [1.807, 2.05) is 6.07 Å². The molecule has 1 aliphatic heterocycles. The van der Waals surface area contributed by atoms with E-state index in [2.05, 4.69) is 24.3 Å². The van der Waals surface area contributed by atoms with Gasteiger partial charge in [-0.15, -0.1) is 12.4 Å². The molecular weight excluding hydrogens is 210 g/mol. The van der Waals surface area contributed by atoms with Gasteiger partial charge in [0.1, 0.15) is 0 Å². The van der Waals surface area contributed by atoms with Crippen LogP contribution in [0, 0.1) is 0 Å². The third kappa shape index (κ3) is 2.51. The topological polar surface area (TPSA) is 35.2 Å². The summed E-state index contributed by atoms with van der Waals surface area (Å²) in [6, 6.07) is 10.6. The summed E-state index contributed by atoms with van der Waals surface area (Å²) in [6.07, 6.45) is 2.10. The number of benzene rings is 1. The third-order valence-electron chi connectivity index (χ3n) is 3.23. The monoisotopic (exact) mass is 227 g/mol. The van der Waals surface area contributed by atoms with Crippen LogP contribution in [0.15, 0.2) is 30.3 Å². The molecule has 0 bridgehead atoms. The van der Waals surface area contributed by atoms with Gasteiger partial charge >= 0.3 is 0 Å². The summed E-state index contributed by atoms with van der Waals surface area (Å²) in [6.45, 7) is 2.40. The highest BCUT2D eigenvalue weighted by molar-refractivity contribution is 5.85. The Morgan fingerprint density at radius 3 is 2.27 bits per heavy atom. The van der Waals surface area contributed by atoms with Gasteiger partial charge in [0.25, 0.3) is 0 Å². The molecule has 1 fully saturated rings. The molecule has 15 heavy (non-hydrogen) atoms. The van der Waals surface area contributed by atoms with Crippen molar-refractivity contribution in [2.45, 2.75) is 18.3 Å². The Balaban J connectivity index is 0.00000112. The molecule has 0 spiro atoms. The van der Waals surface area contributed by atoms with E-state index in [4.69, 9.17) is 10.5 Å². The number of nitrogens with two attached hydrogens (primary N) is 1. The van der Waals surface area contributed by atoms with Crippen LogP contribution in [0.2, 0.25) is 0 Å². The van der Waals surface area contributed by atoms with Gasteiger partial charge in [0.05, 0.1) is 0 Å². The predicted octanol–water partition coefficient (Wildman–Crippen LogP) is 2.12. The fourth-order valence-electron chi connectivity index (χ4n) is 2.16. The van der Waals surface area contributed by atoms with Crippen molar-refractivity contribution in [1.82, 2.24) is 0 Å². The minimum Gasteiger partial charge on any atom is -0.381 e. The van der Waals surface area contributed by atoms with E-state index in [1.165, 1.54) is 5.56 Å². The molecule has 2 N–H and O–H groups in total. The van der Waals surface area contributed by atoms with Gasteiger partial charge in [-0.3, -0.25) is 0 Å². The van der Waals surface area contributed by atoms with Crippen LogP contribution in [0.4, 0.5) is 0 Å². The number of rotatable bonds is 2. The summed E-state index contributed by atoms with van der Waals surface area (Å²) < 4.78 is 5.39. The highest BCUT2D eigenvalue weighted by Crippen LogP contribution is 2.33. The Kier molecular flexibility index (Phi) is 4.58. The van der Waals surface area contributed by atoms with Crippen molar-refractivity contribution in [2.24, 2.45) is 5.73 Å². The van der Waals surface area contributed by atoms with Crippen molar-refractivity contribution >= 4 is 12.4 Å². The molecule has 1 aromatic carbocycles. The van der Waals surface area contributed by atoms with Crippen LogP contribution in [0.1, 0.15) is 18.4 Å². The first-order valence-electron chi connectivity index (χ1n) is 5.21. The molecule has 0 aliphatic carbocycles. The smallest absolute Gasteiger partial charge is 0.0475 e. The lowest BCUT2D eigenvalue weighted by atomic mass is 9.74. The van der Waals surface area contributed by atoms with Crippen LogP contribution in [0.3, 0.4) is 0 Å². The second-order valence-electron chi connectivity index (χ2n) is 3.96. The van der Waals surface area contributed by atoms with Crippen molar-refractivity contribution in [3.8, 4) is 0 Å². The van der Waals surface area contributed by atoms with Gasteiger partial charge in [-0.05, 0) is 18.4 Å². The van der Waals surface area contributed by atoms with Crippen molar-refractivity contribution in [2.75, 3.05) is 19.8 Å². The van der Waals surface area contributed by atoms with Crippen molar-refractivity contribution < 1.29 is 4.74 Å². The number of ether oxygens (including phenoxy) is 1. The molecule has 0 unspecified atom stereocenters. The van der Waals surface area contributed by atoms with E-state index in [0.717, 1.165) is 32.6 Å². The fourth-order valence-corrected chi connectivity index (χ4v) is 2.16. The largest absolute Gasteiger partial charge is 0.381 e. The first kappa shape index (κ1) is 12.5. The third-order valence-corrected chi connectivity index (χ3v) is 3.23. The molecule has 2 nitrogen and oxygen atoms in total. The molecule has 1 aromatic rings. The summed E-state index contributed by atoms with van der Waals surface area (Å²) in [5, 5.41) is 0. The fraction of sp³-hybridized carbons (Fsp3) is 0.500. The molecular formula is C12H18ClNO. The molecule has 2 rings (SSSR count). The zero-order valence-corrected chi connectivity index (χ0v) is 9.63. The summed E-state index contributed by atoms with van der Waals surface area (Å²) in [5.41, 5.74) is 7.45. The van der Waals surface area contributed by atoms with Gasteiger partial charge in [0.15, 0.2) is 0 Å². The summed E-state index contributed by atoms with van der Waals surface area (Å²) in [4.78, 5) is 0. The van der Waals surface area contributed by atoms with E-state index in [9.17, 15) is 0 Å². The van der Waals surface area contributed by atoms with Gasteiger partial charge in [0, 0.05) is 25.2 Å². The molecule has 0 amide bonds. The van der Waals surface area contributed by atoms with Gasteiger partial charge in [-0.2, -0.15) is 0 Å². The van der Waals surface area contributed by atoms with Crippen LogP contribution in [-0.2, 0) is 10.2 Å². The first-order chi connectivity index (χ1) is 6.87. The normalized spacial score (nSPS) is 19.3. The van der Waals surface area contributed by atoms with Gasteiger partial charge < -0.3 is 10.5 Å². The second kappa shape index (κ2) is 5.50. The molecule has 3 heteroatoms. The quantitative estimate of drug-likeness (QED) is 0.840. The predicted molar refractivity (Wildman–Crippen MR) is 64.5 cm³/mol. The Morgan fingerprint density at radius 2 is 1.73 bits per heavy atom. The molecule has 0 saturated carbocycles. The molecule has 0 atom stereocenters. The van der Waals surface area contributed by atoms with Crippen LogP contribution >= 0.6 is 12.4 Å². The first-order valence-corrected chi connectivity index (χ1v) is 5.21.